The summed E-state index contributed by atoms with van der Waals surface area (Å²) in [7, 11) is 1.61. The minimum absolute atomic E-state index is 0.348. The molecule has 3 aromatic rings. The summed E-state index contributed by atoms with van der Waals surface area (Å²) in [5.74, 6) is 6.71. The van der Waals surface area contributed by atoms with Gasteiger partial charge in [0.1, 0.15) is 5.75 Å². The van der Waals surface area contributed by atoms with Crippen LogP contribution < -0.4 is 15.8 Å². The number of fused-ring (bicyclic) bond motifs is 1. The zero-order valence-corrected chi connectivity index (χ0v) is 16.4. The van der Waals surface area contributed by atoms with Crippen molar-refractivity contribution in [1.29, 1.82) is 0 Å². The molecule has 0 aliphatic rings. The van der Waals surface area contributed by atoms with Crippen LogP contribution in [-0.2, 0) is 6.54 Å². The molecule has 0 radical (unpaired) electrons. The SMILES string of the molecule is COc1cc(SC)ccc1NCC#Cc1cc2c(N)cccc2n1CC(F)F. The summed E-state index contributed by atoms with van der Waals surface area (Å²) in [4.78, 5) is 1.10. The fourth-order valence-electron chi connectivity index (χ4n) is 2.96. The van der Waals surface area contributed by atoms with E-state index in [4.69, 9.17) is 10.5 Å². The Balaban J connectivity index is 1.82. The minimum Gasteiger partial charge on any atom is -0.495 e. The van der Waals surface area contributed by atoms with Crippen LogP contribution in [0.3, 0.4) is 0 Å². The largest absolute Gasteiger partial charge is 0.495 e. The average Bonchev–Trinajstić information content (AvgIpc) is 3.03. The zero-order chi connectivity index (χ0) is 20.1. The van der Waals surface area contributed by atoms with Crippen molar-refractivity contribution in [2.24, 2.45) is 0 Å². The molecule has 28 heavy (non-hydrogen) atoms. The number of thioether (sulfide) groups is 1. The smallest absolute Gasteiger partial charge is 0.256 e. The van der Waals surface area contributed by atoms with Crippen molar-refractivity contribution in [3.05, 3.63) is 48.2 Å². The first-order valence-corrected chi connectivity index (χ1v) is 9.86. The van der Waals surface area contributed by atoms with E-state index in [1.54, 1.807) is 43.1 Å². The number of methoxy groups -OCH3 is 1. The molecular formula is C21H21F2N3OS. The summed E-state index contributed by atoms with van der Waals surface area (Å²) < 4.78 is 33.0. The molecule has 3 rings (SSSR count). The molecule has 2 aromatic carbocycles. The normalized spacial score (nSPS) is 10.8. The van der Waals surface area contributed by atoms with Crippen LogP contribution in [0.4, 0.5) is 20.2 Å². The predicted molar refractivity (Wildman–Crippen MR) is 112 cm³/mol. The number of benzene rings is 2. The van der Waals surface area contributed by atoms with Crippen LogP contribution in [0, 0.1) is 11.8 Å². The Morgan fingerprint density at radius 1 is 1.25 bits per heavy atom. The molecule has 0 atom stereocenters. The lowest BCUT2D eigenvalue weighted by atomic mass is 10.2. The fraction of sp³-hybridized carbons (Fsp3) is 0.238. The van der Waals surface area contributed by atoms with Gasteiger partial charge >= 0.3 is 0 Å². The van der Waals surface area contributed by atoms with Crippen molar-refractivity contribution in [3.63, 3.8) is 0 Å². The molecule has 1 aromatic heterocycles. The van der Waals surface area contributed by atoms with Gasteiger partial charge in [0.25, 0.3) is 6.43 Å². The number of aromatic nitrogens is 1. The number of anilines is 2. The first kappa shape index (κ1) is 19.9. The number of halogens is 2. The Labute approximate surface area is 167 Å². The number of nitrogens with two attached hydrogens (primary N) is 1. The van der Waals surface area contributed by atoms with E-state index in [-0.39, 0.29) is 0 Å². The van der Waals surface area contributed by atoms with Crippen molar-refractivity contribution < 1.29 is 13.5 Å². The van der Waals surface area contributed by atoms with Gasteiger partial charge < -0.3 is 20.4 Å². The monoisotopic (exact) mass is 401 g/mol. The van der Waals surface area contributed by atoms with Crippen LogP contribution in [0.25, 0.3) is 10.9 Å². The van der Waals surface area contributed by atoms with Gasteiger partial charge in [-0.3, -0.25) is 0 Å². The van der Waals surface area contributed by atoms with Crippen LogP contribution in [0.1, 0.15) is 5.69 Å². The molecule has 0 aliphatic heterocycles. The standard InChI is InChI=1S/C21H21F2N3OS/c1-27-20-12-15(28-2)8-9-18(20)25-10-4-5-14-11-16-17(24)6-3-7-19(16)26(14)13-21(22)23/h3,6-9,11-12,21,25H,10,13,24H2,1-2H3. The van der Waals surface area contributed by atoms with Crippen molar-refractivity contribution in [2.75, 3.05) is 31.0 Å². The molecule has 146 valence electrons. The lowest BCUT2D eigenvalue weighted by molar-refractivity contribution is 0.128. The third kappa shape index (κ3) is 4.34. The van der Waals surface area contributed by atoms with E-state index in [1.165, 1.54) is 4.57 Å². The highest BCUT2D eigenvalue weighted by Gasteiger charge is 2.13. The number of alkyl halides is 2. The van der Waals surface area contributed by atoms with Crippen molar-refractivity contribution in [1.82, 2.24) is 4.57 Å². The second-order valence-corrected chi connectivity index (χ2v) is 6.91. The number of nitrogen functional groups attached to an aromatic ring is 1. The van der Waals surface area contributed by atoms with Gasteiger partial charge in [-0.15, -0.1) is 11.8 Å². The molecule has 0 unspecified atom stereocenters. The number of ether oxygens (including phenoxy) is 1. The molecule has 0 fully saturated rings. The molecule has 0 spiro atoms. The Hall–Kier alpha value is -2.85. The van der Waals surface area contributed by atoms with Crippen LogP contribution >= 0.6 is 11.8 Å². The first-order valence-electron chi connectivity index (χ1n) is 8.64. The van der Waals surface area contributed by atoms with E-state index in [0.29, 0.717) is 23.4 Å². The van der Waals surface area contributed by atoms with E-state index in [9.17, 15) is 8.78 Å². The third-order valence-electron chi connectivity index (χ3n) is 4.29. The Kier molecular flexibility index (Phi) is 6.32. The average molecular weight is 401 g/mol. The lowest BCUT2D eigenvalue weighted by Crippen LogP contribution is -2.08. The summed E-state index contributed by atoms with van der Waals surface area (Å²) in [6.45, 7) is -0.0744. The summed E-state index contributed by atoms with van der Waals surface area (Å²) in [6, 6.07) is 12.9. The predicted octanol–water partition coefficient (Wildman–Crippen LogP) is 4.68. The number of nitrogens with one attached hydrogen (secondary N) is 1. The van der Waals surface area contributed by atoms with Crippen LogP contribution in [0.5, 0.6) is 5.75 Å². The lowest BCUT2D eigenvalue weighted by Gasteiger charge is -2.10. The van der Waals surface area contributed by atoms with Crippen LogP contribution in [0.2, 0.25) is 0 Å². The summed E-state index contributed by atoms with van der Waals surface area (Å²) in [5, 5.41) is 3.93. The van der Waals surface area contributed by atoms with Gasteiger partial charge in [-0.05, 0) is 48.6 Å². The highest BCUT2D eigenvalue weighted by Crippen LogP contribution is 2.29. The van der Waals surface area contributed by atoms with Crippen molar-refractivity contribution in [3.8, 4) is 17.6 Å². The molecule has 1 heterocycles. The van der Waals surface area contributed by atoms with E-state index < -0.39 is 13.0 Å². The summed E-state index contributed by atoms with van der Waals surface area (Å²) in [5.41, 5.74) is 8.52. The maximum atomic E-state index is 13.0. The molecule has 7 heteroatoms. The summed E-state index contributed by atoms with van der Waals surface area (Å²) in [6.07, 6.45) is -0.478. The molecular weight excluding hydrogens is 380 g/mol. The molecule has 0 aliphatic carbocycles. The highest BCUT2D eigenvalue weighted by atomic mass is 32.2. The van der Waals surface area contributed by atoms with Crippen molar-refractivity contribution in [2.45, 2.75) is 17.9 Å². The van der Waals surface area contributed by atoms with E-state index in [1.807, 2.05) is 24.5 Å². The van der Waals surface area contributed by atoms with E-state index in [0.717, 1.165) is 21.7 Å². The fourth-order valence-corrected chi connectivity index (χ4v) is 3.39. The zero-order valence-electron chi connectivity index (χ0n) is 15.6. The number of hydrogen-bond donors (Lipinski definition) is 2. The van der Waals surface area contributed by atoms with E-state index >= 15 is 0 Å². The van der Waals surface area contributed by atoms with Gasteiger partial charge in [-0.25, -0.2) is 8.78 Å². The highest BCUT2D eigenvalue weighted by molar-refractivity contribution is 7.98. The number of nitrogens with zero attached hydrogens (tertiary/aromatic N) is 1. The summed E-state index contributed by atoms with van der Waals surface area (Å²) >= 11 is 1.63. The van der Waals surface area contributed by atoms with E-state index in [2.05, 4.69) is 17.2 Å². The second-order valence-electron chi connectivity index (χ2n) is 6.03. The van der Waals surface area contributed by atoms with Gasteiger partial charge in [-0.2, -0.15) is 0 Å². The Morgan fingerprint density at radius 3 is 2.79 bits per heavy atom. The molecule has 3 N–H and O–H groups in total. The molecule has 0 amide bonds. The molecule has 0 saturated carbocycles. The Morgan fingerprint density at radius 2 is 2.07 bits per heavy atom. The van der Waals surface area contributed by atoms with Crippen molar-refractivity contribution >= 4 is 34.0 Å². The topological polar surface area (TPSA) is 52.2 Å². The van der Waals surface area contributed by atoms with Crippen LogP contribution in [0.15, 0.2) is 47.4 Å². The van der Waals surface area contributed by atoms with Gasteiger partial charge in [0, 0.05) is 16.0 Å². The Bertz CT molecular complexity index is 1040. The van der Waals surface area contributed by atoms with Crippen LogP contribution in [-0.4, -0.2) is 30.9 Å². The van der Waals surface area contributed by atoms with Gasteiger partial charge in [0.15, 0.2) is 0 Å². The number of rotatable bonds is 6. The quantitative estimate of drug-likeness (QED) is 0.358. The third-order valence-corrected chi connectivity index (χ3v) is 5.02. The maximum Gasteiger partial charge on any atom is 0.256 e. The molecule has 4 nitrogen and oxygen atoms in total. The van der Waals surface area contributed by atoms with Gasteiger partial charge in [0.05, 0.1) is 37.1 Å². The first-order chi connectivity index (χ1) is 13.5. The minimum atomic E-state index is -2.48. The van der Waals surface area contributed by atoms with Gasteiger partial charge in [0.2, 0.25) is 0 Å². The number of hydrogen-bond acceptors (Lipinski definition) is 4. The molecule has 0 bridgehead atoms. The molecule has 0 saturated heterocycles. The van der Waals surface area contributed by atoms with Gasteiger partial charge in [-0.1, -0.05) is 12.0 Å². The second kappa shape index (κ2) is 8.89. The maximum absolute atomic E-state index is 13.0.